The normalized spacial score (nSPS) is 17.6. The highest BCUT2D eigenvalue weighted by Crippen LogP contribution is 2.25. The lowest BCUT2D eigenvalue weighted by Crippen LogP contribution is -2.35. The third-order valence-corrected chi connectivity index (χ3v) is 2.98. The lowest BCUT2D eigenvalue weighted by molar-refractivity contribution is 0.0337. The van der Waals surface area contributed by atoms with Crippen molar-refractivity contribution in [2.24, 2.45) is 0 Å². The van der Waals surface area contributed by atoms with E-state index >= 15 is 0 Å². The molecule has 1 aliphatic heterocycles. The molecule has 5 heteroatoms. The van der Waals surface area contributed by atoms with E-state index in [4.69, 9.17) is 9.15 Å². The fourth-order valence-electron chi connectivity index (χ4n) is 2.04. The van der Waals surface area contributed by atoms with Crippen molar-refractivity contribution in [3.05, 3.63) is 24.1 Å². The molecule has 1 aliphatic rings. The third-order valence-electron chi connectivity index (χ3n) is 2.98. The van der Waals surface area contributed by atoms with Gasteiger partial charge in [-0.3, -0.25) is 4.90 Å². The Morgan fingerprint density at radius 3 is 2.94 bits per heavy atom. The van der Waals surface area contributed by atoms with Gasteiger partial charge in [-0.05, 0) is 12.1 Å². The largest absolute Gasteiger partial charge is 0.480 e. The molecule has 3 rings (SSSR count). The predicted molar refractivity (Wildman–Crippen MR) is 61.8 cm³/mol. The maximum atomic E-state index is 9.39. The Morgan fingerprint density at radius 1 is 1.29 bits per heavy atom. The molecule has 0 aromatic carbocycles. The summed E-state index contributed by atoms with van der Waals surface area (Å²) in [5.41, 5.74) is 1.69. The van der Waals surface area contributed by atoms with Gasteiger partial charge in [0.15, 0.2) is 0 Å². The van der Waals surface area contributed by atoms with E-state index in [1.165, 1.54) is 6.26 Å². The van der Waals surface area contributed by atoms with E-state index in [9.17, 15) is 5.11 Å². The lowest BCUT2D eigenvalue weighted by atomic mass is 10.2. The highest BCUT2D eigenvalue weighted by Gasteiger charge is 2.12. The summed E-state index contributed by atoms with van der Waals surface area (Å²) in [7, 11) is 0. The fraction of sp³-hybridized carbons (Fsp3) is 0.417. The van der Waals surface area contributed by atoms with Crippen molar-refractivity contribution >= 4 is 10.9 Å². The van der Waals surface area contributed by atoms with Gasteiger partial charge in [0.05, 0.1) is 24.3 Å². The summed E-state index contributed by atoms with van der Waals surface area (Å²) in [5, 5.41) is 10.1. The van der Waals surface area contributed by atoms with Gasteiger partial charge in [-0.15, -0.1) is 0 Å². The van der Waals surface area contributed by atoms with E-state index in [-0.39, 0.29) is 5.95 Å². The highest BCUT2D eigenvalue weighted by molar-refractivity contribution is 5.82. The molecule has 0 amide bonds. The quantitative estimate of drug-likeness (QED) is 0.850. The van der Waals surface area contributed by atoms with Crippen molar-refractivity contribution in [1.82, 2.24) is 9.88 Å². The molecular weight excluding hydrogens is 220 g/mol. The maximum absolute atomic E-state index is 9.39. The minimum atomic E-state index is -0.0644. The molecule has 0 unspecified atom stereocenters. The van der Waals surface area contributed by atoms with Gasteiger partial charge < -0.3 is 14.3 Å². The zero-order valence-corrected chi connectivity index (χ0v) is 9.43. The van der Waals surface area contributed by atoms with Crippen LogP contribution in [0.15, 0.2) is 22.8 Å². The molecule has 3 heterocycles. The molecule has 2 aromatic heterocycles. The van der Waals surface area contributed by atoms with Crippen molar-refractivity contribution in [3.63, 3.8) is 0 Å². The van der Waals surface area contributed by atoms with Gasteiger partial charge in [-0.1, -0.05) is 0 Å². The molecule has 0 spiro atoms. The van der Waals surface area contributed by atoms with Gasteiger partial charge >= 0.3 is 0 Å². The van der Waals surface area contributed by atoms with Crippen molar-refractivity contribution < 1.29 is 14.3 Å². The van der Waals surface area contributed by atoms with Gasteiger partial charge in [0.2, 0.25) is 0 Å². The molecule has 5 nitrogen and oxygen atoms in total. The Bertz CT molecular complexity index is 517. The topological polar surface area (TPSA) is 58.7 Å². The highest BCUT2D eigenvalue weighted by atomic mass is 16.5. The zero-order chi connectivity index (χ0) is 11.7. The third kappa shape index (κ3) is 2.11. The minimum Gasteiger partial charge on any atom is -0.480 e. The number of fused-ring (bicyclic) bond motifs is 1. The number of rotatable bonds is 2. The monoisotopic (exact) mass is 234 g/mol. The number of furan rings is 1. The summed E-state index contributed by atoms with van der Waals surface area (Å²) >= 11 is 0. The number of hydrogen-bond donors (Lipinski definition) is 1. The summed E-state index contributed by atoms with van der Waals surface area (Å²) in [6.07, 6.45) is 1.48. The SMILES string of the molecule is Oc1occ2nc(CN3CCOCC3)ccc12. The molecule has 1 saturated heterocycles. The van der Waals surface area contributed by atoms with E-state index in [2.05, 4.69) is 9.88 Å². The van der Waals surface area contributed by atoms with Crippen molar-refractivity contribution in [3.8, 4) is 5.95 Å². The van der Waals surface area contributed by atoms with Crippen LogP contribution in [0.25, 0.3) is 10.9 Å². The van der Waals surface area contributed by atoms with Gasteiger partial charge in [0.1, 0.15) is 11.8 Å². The first-order valence-electron chi connectivity index (χ1n) is 5.69. The van der Waals surface area contributed by atoms with E-state index in [0.717, 1.165) is 38.5 Å². The van der Waals surface area contributed by atoms with Crippen LogP contribution in [0.5, 0.6) is 5.95 Å². The number of nitrogens with zero attached hydrogens (tertiary/aromatic N) is 2. The summed E-state index contributed by atoms with van der Waals surface area (Å²) in [6, 6.07) is 3.77. The number of hydrogen-bond acceptors (Lipinski definition) is 5. The Morgan fingerprint density at radius 2 is 2.12 bits per heavy atom. The molecule has 0 bridgehead atoms. The number of morpholine rings is 1. The van der Waals surface area contributed by atoms with Crippen LogP contribution in [0.4, 0.5) is 0 Å². The van der Waals surface area contributed by atoms with Crippen LogP contribution in [0, 0.1) is 0 Å². The second-order valence-corrected chi connectivity index (χ2v) is 4.16. The molecule has 1 fully saturated rings. The van der Waals surface area contributed by atoms with Crippen LogP contribution in [-0.2, 0) is 11.3 Å². The summed E-state index contributed by atoms with van der Waals surface area (Å²) in [6.45, 7) is 4.27. The van der Waals surface area contributed by atoms with E-state index in [1.807, 2.05) is 12.1 Å². The average molecular weight is 234 g/mol. The van der Waals surface area contributed by atoms with Crippen molar-refractivity contribution in [2.45, 2.75) is 6.54 Å². The fourth-order valence-corrected chi connectivity index (χ4v) is 2.04. The van der Waals surface area contributed by atoms with Gasteiger partial charge in [-0.2, -0.15) is 0 Å². The minimum absolute atomic E-state index is 0.0644. The summed E-state index contributed by atoms with van der Waals surface area (Å²) < 4.78 is 10.2. The molecule has 0 aliphatic carbocycles. The van der Waals surface area contributed by atoms with Crippen molar-refractivity contribution in [2.75, 3.05) is 26.3 Å². The first-order chi connectivity index (χ1) is 8.33. The Hall–Kier alpha value is -1.59. The number of ether oxygens (including phenoxy) is 1. The van der Waals surface area contributed by atoms with Gasteiger partial charge in [-0.25, -0.2) is 4.98 Å². The lowest BCUT2D eigenvalue weighted by Gasteiger charge is -2.26. The van der Waals surface area contributed by atoms with Crippen LogP contribution in [0.1, 0.15) is 5.69 Å². The van der Waals surface area contributed by atoms with E-state index in [1.54, 1.807) is 0 Å². The molecule has 0 radical (unpaired) electrons. The van der Waals surface area contributed by atoms with Crippen LogP contribution < -0.4 is 0 Å². The van der Waals surface area contributed by atoms with Crippen LogP contribution in [-0.4, -0.2) is 41.3 Å². The predicted octanol–water partition coefficient (Wildman–Crippen LogP) is 1.37. The average Bonchev–Trinajstić information content (AvgIpc) is 2.72. The van der Waals surface area contributed by atoms with E-state index < -0.39 is 0 Å². The summed E-state index contributed by atoms with van der Waals surface area (Å²) in [4.78, 5) is 6.76. The standard InChI is InChI=1S/C12H14N2O3/c15-12-10-2-1-9(13-11(10)8-17-12)7-14-3-5-16-6-4-14/h1-2,8,15H,3-7H2. The molecule has 1 N–H and O–H groups in total. The Kier molecular flexibility index (Phi) is 2.70. The molecule has 2 aromatic rings. The van der Waals surface area contributed by atoms with Crippen LogP contribution in [0.3, 0.4) is 0 Å². The molecule has 0 atom stereocenters. The van der Waals surface area contributed by atoms with Gasteiger partial charge in [0.25, 0.3) is 5.95 Å². The van der Waals surface area contributed by atoms with Crippen LogP contribution >= 0.6 is 0 Å². The smallest absolute Gasteiger partial charge is 0.291 e. The Labute approximate surface area is 98.6 Å². The molecule has 90 valence electrons. The zero-order valence-electron chi connectivity index (χ0n) is 9.43. The number of aromatic hydroxyl groups is 1. The van der Waals surface area contributed by atoms with Crippen molar-refractivity contribution in [1.29, 1.82) is 0 Å². The second-order valence-electron chi connectivity index (χ2n) is 4.16. The number of pyridine rings is 1. The van der Waals surface area contributed by atoms with E-state index in [0.29, 0.717) is 10.9 Å². The first-order valence-corrected chi connectivity index (χ1v) is 5.69. The first kappa shape index (κ1) is 10.6. The molecular formula is C12H14N2O3. The summed E-state index contributed by atoms with van der Waals surface area (Å²) in [5.74, 6) is -0.0644. The molecule has 17 heavy (non-hydrogen) atoms. The van der Waals surface area contributed by atoms with Gasteiger partial charge in [0, 0.05) is 19.6 Å². The maximum Gasteiger partial charge on any atom is 0.291 e. The number of aromatic nitrogens is 1. The Balaban J connectivity index is 1.80. The second kappa shape index (κ2) is 4.35. The van der Waals surface area contributed by atoms with Crippen LogP contribution in [0.2, 0.25) is 0 Å². The molecule has 0 saturated carbocycles.